The van der Waals surface area contributed by atoms with Crippen molar-refractivity contribution in [1.29, 1.82) is 0 Å². The van der Waals surface area contributed by atoms with Crippen LogP contribution in [0.1, 0.15) is 11.1 Å². The lowest BCUT2D eigenvalue weighted by Gasteiger charge is -2.15. The highest BCUT2D eigenvalue weighted by atomic mass is 35.5. The fraction of sp³-hybridized carbons (Fsp3) is 0.0833. The highest BCUT2D eigenvalue weighted by Gasteiger charge is 2.12. The first-order valence-electron chi connectivity index (χ1n) is 8.48. The van der Waals surface area contributed by atoms with Crippen LogP contribution in [0.25, 0.3) is 33.0 Å². The van der Waals surface area contributed by atoms with Gasteiger partial charge >= 0.3 is 0 Å². The van der Waals surface area contributed by atoms with Gasteiger partial charge in [-0.15, -0.1) is 0 Å². The van der Waals surface area contributed by atoms with E-state index in [1.165, 1.54) is 44.2 Å². The highest BCUT2D eigenvalue weighted by Crippen LogP contribution is 2.39. The maximum absolute atomic E-state index is 6.09. The Morgan fingerprint density at radius 3 is 2.04 bits per heavy atom. The van der Waals surface area contributed by atoms with Gasteiger partial charge in [-0.25, -0.2) is 0 Å². The van der Waals surface area contributed by atoms with Gasteiger partial charge < -0.3 is 0 Å². The molecule has 0 spiro atoms. The Kier molecular flexibility index (Phi) is 4.07. The van der Waals surface area contributed by atoms with E-state index in [-0.39, 0.29) is 0 Å². The zero-order chi connectivity index (χ0) is 17.4. The minimum atomic E-state index is 0.762. The molecule has 0 amide bonds. The van der Waals surface area contributed by atoms with Gasteiger partial charge in [-0.3, -0.25) is 0 Å². The molecule has 0 radical (unpaired) electrons. The molecule has 4 aromatic rings. The van der Waals surface area contributed by atoms with Crippen molar-refractivity contribution >= 4 is 22.4 Å². The third-order valence-electron chi connectivity index (χ3n) is 4.59. The zero-order valence-electron chi connectivity index (χ0n) is 14.4. The Morgan fingerprint density at radius 1 is 0.640 bits per heavy atom. The quantitative estimate of drug-likeness (QED) is 0.355. The van der Waals surface area contributed by atoms with Crippen LogP contribution in [0, 0.1) is 13.8 Å². The molecule has 0 N–H and O–H groups in total. The van der Waals surface area contributed by atoms with E-state index in [2.05, 4.69) is 80.6 Å². The molecule has 0 aliphatic carbocycles. The summed E-state index contributed by atoms with van der Waals surface area (Å²) in [5.74, 6) is 0. The van der Waals surface area contributed by atoms with E-state index >= 15 is 0 Å². The predicted molar refractivity (Wildman–Crippen MR) is 109 cm³/mol. The number of benzene rings is 4. The van der Waals surface area contributed by atoms with Gasteiger partial charge in [-0.1, -0.05) is 89.5 Å². The van der Waals surface area contributed by atoms with E-state index in [9.17, 15) is 0 Å². The molecule has 122 valence electrons. The number of fused-ring (bicyclic) bond motifs is 1. The van der Waals surface area contributed by atoms with Gasteiger partial charge in [0.15, 0.2) is 0 Å². The maximum atomic E-state index is 6.09. The Morgan fingerprint density at radius 2 is 1.32 bits per heavy atom. The summed E-state index contributed by atoms with van der Waals surface area (Å²) in [7, 11) is 0. The molecule has 0 heterocycles. The summed E-state index contributed by atoms with van der Waals surface area (Å²) in [6.45, 7) is 4.31. The van der Waals surface area contributed by atoms with Crippen molar-refractivity contribution in [2.75, 3.05) is 0 Å². The molecule has 4 aromatic carbocycles. The molecule has 0 nitrogen and oxygen atoms in total. The molecule has 0 fully saturated rings. The number of rotatable bonds is 2. The van der Waals surface area contributed by atoms with Crippen molar-refractivity contribution in [2.45, 2.75) is 13.8 Å². The van der Waals surface area contributed by atoms with Gasteiger partial charge in [0.25, 0.3) is 0 Å². The highest BCUT2D eigenvalue weighted by molar-refractivity contribution is 6.30. The van der Waals surface area contributed by atoms with Gasteiger partial charge in [0.05, 0.1) is 0 Å². The normalized spacial score (nSPS) is 11.0. The van der Waals surface area contributed by atoms with Crippen LogP contribution in [0.4, 0.5) is 0 Å². The van der Waals surface area contributed by atoms with Crippen molar-refractivity contribution in [1.82, 2.24) is 0 Å². The third-order valence-corrected chi connectivity index (χ3v) is 4.85. The molecule has 1 heteroatoms. The van der Waals surface area contributed by atoms with Crippen LogP contribution in [0.15, 0.2) is 78.9 Å². The Balaban J connectivity index is 2.08. The number of hydrogen-bond acceptors (Lipinski definition) is 0. The van der Waals surface area contributed by atoms with Gasteiger partial charge in [-0.05, 0) is 59.0 Å². The van der Waals surface area contributed by atoms with E-state index in [1.54, 1.807) is 0 Å². The molecule has 25 heavy (non-hydrogen) atoms. The molecule has 0 atom stereocenters. The summed E-state index contributed by atoms with van der Waals surface area (Å²) < 4.78 is 0. The summed E-state index contributed by atoms with van der Waals surface area (Å²) in [5.41, 5.74) is 7.53. The fourth-order valence-corrected chi connectivity index (χ4v) is 3.70. The molecule has 0 saturated heterocycles. The lowest BCUT2D eigenvalue weighted by Crippen LogP contribution is -1.90. The largest absolute Gasteiger partial charge is 0.0843 e. The van der Waals surface area contributed by atoms with E-state index in [0.29, 0.717) is 0 Å². The molecule has 0 unspecified atom stereocenters. The average Bonchev–Trinajstić information content (AvgIpc) is 2.60. The van der Waals surface area contributed by atoms with Gasteiger partial charge in [0, 0.05) is 5.02 Å². The SMILES string of the molecule is Cc1cc(C)cc(-c2c(-c3ccc(Cl)cc3)ccc3ccccc23)c1. The monoisotopic (exact) mass is 342 g/mol. The number of aryl methyl sites for hydroxylation is 2. The fourth-order valence-electron chi connectivity index (χ4n) is 3.57. The number of halogens is 1. The van der Waals surface area contributed by atoms with Crippen LogP contribution in [-0.4, -0.2) is 0 Å². The van der Waals surface area contributed by atoms with Crippen molar-refractivity contribution in [3.05, 3.63) is 95.0 Å². The van der Waals surface area contributed by atoms with Crippen molar-refractivity contribution < 1.29 is 0 Å². The van der Waals surface area contributed by atoms with Gasteiger partial charge in [-0.2, -0.15) is 0 Å². The summed E-state index contributed by atoms with van der Waals surface area (Å²) in [5, 5.41) is 3.30. The van der Waals surface area contributed by atoms with E-state index < -0.39 is 0 Å². The Hall–Kier alpha value is -2.57. The van der Waals surface area contributed by atoms with Crippen LogP contribution in [0.2, 0.25) is 5.02 Å². The first-order valence-corrected chi connectivity index (χ1v) is 8.86. The minimum Gasteiger partial charge on any atom is -0.0843 e. The summed E-state index contributed by atoms with van der Waals surface area (Å²) >= 11 is 6.09. The molecule has 0 aliphatic rings. The lowest BCUT2D eigenvalue weighted by atomic mass is 9.88. The standard InChI is InChI=1S/C24H19Cl/c1-16-13-17(2)15-20(14-16)24-22-6-4-3-5-18(22)9-12-23(24)19-7-10-21(25)11-8-19/h3-15H,1-2H3. The third kappa shape index (κ3) is 3.06. The second kappa shape index (κ2) is 6.38. The smallest absolute Gasteiger partial charge is 0.0406 e. The Bertz CT molecular complexity index is 1040. The summed E-state index contributed by atoms with van der Waals surface area (Å²) in [6, 6.07) is 27.9. The van der Waals surface area contributed by atoms with Crippen molar-refractivity contribution in [3.63, 3.8) is 0 Å². The molecule has 0 bridgehead atoms. The molecule has 0 aromatic heterocycles. The lowest BCUT2D eigenvalue weighted by molar-refractivity contribution is 1.39. The first kappa shape index (κ1) is 15.9. The minimum absolute atomic E-state index is 0.762. The van der Waals surface area contributed by atoms with Crippen LogP contribution >= 0.6 is 11.6 Å². The maximum Gasteiger partial charge on any atom is 0.0406 e. The summed E-state index contributed by atoms with van der Waals surface area (Å²) in [4.78, 5) is 0. The Labute approximate surface area is 153 Å². The predicted octanol–water partition coefficient (Wildman–Crippen LogP) is 7.44. The second-order valence-electron chi connectivity index (χ2n) is 6.59. The topological polar surface area (TPSA) is 0 Å². The molecular formula is C24H19Cl. The van der Waals surface area contributed by atoms with E-state index in [1.807, 2.05) is 12.1 Å². The zero-order valence-corrected chi connectivity index (χ0v) is 15.1. The van der Waals surface area contributed by atoms with E-state index in [4.69, 9.17) is 11.6 Å². The summed E-state index contributed by atoms with van der Waals surface area (Å²) in [6.07, 6.45) is 0. The average molecular weight is 343 g/mol. The first-order chi connectivity index (χ1) is 12.1. The van der Waals surface area contributed by atoms with Crippen molar-refractivity contribution in [3.8, 4) is 22.3 Å². The molecule has 4 rings (SSSR count). The van der Waals surface area contributed by atoms with Crippen LogP contribution in [0.5, 0.6) is 0 Å². The second-order valence-corrected chi connectivity index (χ2v) is 7.03. The molecule has 0 aliphatic heterocycles. The van der Waals surface area contributed by atoms with E-state index in [0.717, 1.165) is 5.02 Å². The molecule has 0 saturated carbocycles. The van der Waals surface area contributed by atoms with Gasteiger partial charge in [0.1, 0.15) is 0 Å². The van der Waals surface area contributed by atoms with Crippen molar-refractivity contribution in [2.24, 2.45) is 0 Å². The van der Waals surface area contributed by atoms with Crippen LogP contribution < -0.4 is 0 Å². The van der Waals surface area contributed by atoms with Crippen LogP contribution in [-0.2, 0) is 0 Å². The number of hydrogen-bond donors (Lipinski definition) is 0. The molecular weight excluding hydrogens is 324 g/mol. The van der Waals surface area contributed by atoms with Gasteiger partial charge in [0.2, 0.25) is 0 Å². The van der Waals surface area contributed by atoms with Crippen LogP contribution in [0.3, 0.4) is 0 Å².